The first-order valence-corrected chi connectivity index (χ1v) is 13.0. The Morgan fingerprint density at radius 3 is 2.62 bits per heavy atom. The van der Waals surface area contributed by atoms with Gasteiger partial charge in [0.05, 0.1) is 5.02 Å². The van der Waals surface area contributed by atoms with E-state index < -0.39 is 0 Å². The molecule has 0 radical (unpaired) electrons. The number of urea groups is 1. The summed E-state index contributed by atoms with van der Waals surface area (Å²) in [6.07, 6.45) is 1.99. The third-order valence-corrected chi connectivity index (χ3v) is 7.80. The van der Waals surface area contributed by atoms with Crippen molar-refractivity contribution < 1.29 is 14.3 Å². The predicted octanol–water partition coefficient (Wildman–Crippen LogP) is 5.05. The van der Waals surface area contributed by atoms with Crippen LogP contribution >= 0.6 is 22.9 Å². The lowest BCUT2D eigenvalue weighted by Crippen LogP contribution is -2.46. The normalized spacial score (nSPS) is 16.0. The number of thiophene rings is 1. The molecule has 0 saturated carbocycles. The van der Waals surface area contributed by atoms with Crippen LogP contribution in [0.25, 0.3) is 10.1 Å². The molecule has 1 aromatic heterocycles. The lowest BCUT2D eigenvalue weighted by molar-refractivity contribution is 0.171. The number of hydrogen-bond donors (Lipinski definition) is 2. The van der Waals surface area contributed by atoms with Crippen LogP contribution < -0.4 is 25.0 Å². The number of piperazine rings is 1. The van der Waals surface area contributed by atoms with Gasteiger partial charge in [0, 0.05) is 54.6 Å². The third kappa shape index (κ3) is 5.35. The summed E-state index contributed by atoms with van der Waals surface area (Å²) in [6, 6.07) is 13.9. The molecule has 3 heterocycles. The van der Waals surface area contributed by atoms with Gasteiger partial charge in [0.2, 0.25) is 0 Å². The number of nitrogens with zero attached hydrogens (tertiary/aromatic N) is 2. The molecule has 2 aromatic carbocycles. The van der Waals surface area contributed by atoms with Gasteiger partial charge >= 0.3 is 6.03 Å². The van der Waals surface area contributed by atoms with Crippen molar-refractivity contribution in [1.82, 2.24) is 10.2 Å². The topological polar surface area (TPSA) is 66.1 Å². The van der Waals surface area contributed by atoms with E-state index in [1.54, 1.807) is 0 Å². The van der Waals surface area contributed by atoms with Crippen molar-refractivity contribution in [3.63, 3.8) is 0 Å². The molecule has 1 saturated heterocycles. The zero-order valence-electron chi connectivity index (χ0n) is 19.0. The monoisotopic (exact) mass is 500 g/mol. The van der Waals surface area contributed by atoms with Gasteiger partial charge in [-0.3, -0.25) is 10.2 Å². The molecule has 0 spiro atoms. The molecule has 9 heteroatoms. The fourth-order valence-electron chi connectivity index (χ4n) is 4.36. The predicted molar refractivity (Wildman–Crippen MR) is 139 cm³/mol. The number of nitrogens with one attached hydrogen (secondary N) is 2. The number of unbranched alkanes of at least 4 members (excludes halogenated alkanes) is 1. The highest BCUT2D eigenvalue weighted by Gasteiger charge is 2.19. The summed E-state index contributed by atoms with van der Waals surface area (Å²) < 4.78 is 12.4. The fourth-order valence-corrected chi connectivity index (χ4v) is 5.74. The van der Waals surface area contributed by atoms with Crippen LogP contribution in [-0.2, 0) is 0 Å². The molecule has 1 fully saturated rings. The second-order valence-electron chi connectivity index (χ2n) is 8.49. The Labute approximate surface area is 208 Å². The van der Waals surface area contributed by atoms with Crippen molar-refractivity contribution in [3.05, 3.63) is 47.5 Å². The molecular formula is C25H29ClN4O3S. The Morgan fingerprint density at radius 1 is 1.00 bits per heavy atom. The number of fused-ring (bicyclic) bond motifs is 2. The summed E-state index contributed by atoms with van der Waals surface area (Å²) in [6.45, 7) is 6.98. The van der Waals surface area contributed by atoms with Gasteiger partial charge in [-0.05, 0) is 37.6 Å². The van der Waals surface area contributed by atoms with Gasteiger partial charge in [-0.25, -0.2) is 4.79 Å². The zero-order chi connectivity index (χ0) is 23.3. The van der Waals surface area contributed by atoms with Gasteiger partial charge in [0.25, 0.3) is 0 Å². The van der Waals surface area contributed by atoms with Gasteiger partial charge in [-0.1, -0.05) is 29.8 Å². The van der Waals surface area contributed by atoms with E-state index >= 15 is 0 Å². The van der Waals surface area contributed by atoms with E-state index in [0.29, 0.717) is 29.8 Å². The van der Waals surface area contributed by atoms with E-state index in [1.807, 2.05) is 30.3 Å². The summed E-state index contributed by atoms with van der Waals surface area (Å²) >= 11 is 7.89. The van der Waals surface area contributed by atoms with Gasteiger partial charge in [0.15, 0.2) is 11.5 Å². The van der Waals surface area contributed by atoms with E-state index in [0.717, 1.165) is 67.2 Å². The Hall–Kier alpha value is -2.68. The number of ether oxygens (including phenoxy) is 2. The lowest BCUT2D eigenvalue weighted by atomic mass is 10.2. The molecule has 2 aliphatic heterocycles. The largest absolute Gasteiger partial charge is 0.486 e. The molecule has 7 nitrogen and oxygen atoms in total. The van der Waals surface area contributed by atoms with Crippen LogP contribution in [-0.4, -0.2) is 63.4 Å². The number of benzene rings is 2. The smallest absolute Gasteiger partial charge is 0.319 e. The SMILES string of the molecule is O=C(NCCCCN1CCN(c2ccc3c(c2)OCCO3)CC1)Nc1sc2ccccc2c1Cl. The quantitative estimate of drug-likeness (QED) is 0.444. The second kappa shape index (κ2) is 10.7. The standard InChI is InChI=1S/C25H29ClN4O3S/c26-23-19-5-1-2-6-22(19)34-24(23)28-25(31)27-9-3-4-10-29-11-13-30(14-12-29)18-7-8-20-21(17-18)33-16-15-32-20/h1-2,5-8,17H,3-4,9-16H2,(H2,27,28,31). The minimum atomic E-state index is -0.207. The summed E-state index contributed by atoms with van der Waals surface area (Å²) in [5.74, 6) is 1.68. The maximum absolute atomic E-state index is 12.3. The van der Waals surface area contributed by atoms with E-state index in [1.165, 1.54) is 17.0 Å². The number of anilines is 2. The number of hydrogen-bond acceptors (Lipinski definition) is 6. The number of rotatable bonds is 7. The fraction of sp³-hybridized carbons (Fsp3) is 0.400. The summed E-state index contributed by atoms with van der Waals surface area (Å²) in [4.78, 5) is 17.2. The molecule has 180 valence electrons. The first-order valence-electron chi connectivity index (χ1n) is 11.8. The Bertz CT molecular complexity index is 1150. The number of carbonyl (C=O) groups is 1. The van der Waals surface area contributed by atoms with E-state index in [9.17, 15) is 4.79 Å². The number of halogens is 1. The van der Waals surface area contributed by atoms with Crippen LogP contribution in [0, 0.1) is 0 Å². The molecule has 0 atom stereocenters. The van der Waals surface area contributed by atoms with Crippen LogP contribution in [0.3, 0.4) is 0 Å². The lowest BCUT2D eigenvalue weighted by Gasteiger charge is -2.36. The van der Waals surface area contributed by atoms with Gasteiger partial charge in [-0.2, -0.15) is 0 Å². The van der Waals surface area contributed by atoms with Crippen molar-refractivity contribution in [3.8, 4) is 11.5 Å². The highest BCUT2D eigenvalue weighted by molar-refractivity contribution is 7.23. The molecule has 0 aliphatic carbocycles. The Kier molecular flexibility index (Phi) is 7.27. The molecule has 3 aromatic rings. The maximum Gasteiger partial charge on any atom is 0.319 e. The number of carbonyl (C=O) groups excluding carboxylic acids is 1. The minimum absolute atomic E-state index is 0.207. The molecule has 2 amide bonds. The highest BCUT2D eigenvalue weighted by atomic mass is 35.5. The van der Waals surface area contributed by atoms with E-state index in [-0.39, 0.29) is 6.03 Å². The summed E-state index contributed by atoms with van der Waals surface area (Å²) in [5.41, 5.74) is 1.19. The first-order chi connectivity index (χ1) is 16.7. The van der Waals surface area contributed by atoms with Crippen molar-refractivity contribution in [2.75, 3.05) is 62.7 Å². The first kappa shape index (κ1) is 23.1. The Balaban J connectivity index is 0.992. The highest BCUT2D eigenvalue weighted by Crippen LogP contribution is 2.39. The van der Waals surface area contributed by atoms with Gasteiger partial charge < -0.3 is 19.7 Å². The van der Waals surface area contributed by atoms with Crippen LogP contribution in [0.5, 0.6) is 11.5 Å². The van der Waals surface area contributed by atoms with Crippen LogP contribution in [0.4, 0.5) is 15.5 Å². The molecule has 2 N–H and O–H groups in total. The van der Waals surface area contributed by atoms with Crippen LogP contribution in [0.15, 0.2) is 42.5 Å². The third-order valence-electron chi connectivity index (χ3n) is 6.21. The van der Waals surface area contributed by atoms with Crippen molar-refractivity contribution in [2.45, 2.75) is 12.8 Å². The molecule has 34 heavy (non-hydrogen) atoms. The summed E-state index contributed by atoms with van der Waals surface area (Å²) in [5, 5.41) is 8.09. The average molecular weight is 501 g/mol. The molecule has 5 rings (SSSR count). The minimum Gasteiger partial charge on any atom is -0.486 e. The van der Waals surface area contributed by atoms with Crippen LogP contribution in [0.1, 0.15) is 12.8 Å². The number of amides is 2. The molecule has 0 bridgehead atoms. The molecule has 0 unspecified atom stereocenters. The van der Waals surface area contributed by atoms with Gasteiger partial charge in [0.1, 0.15) is 18.2 Å². The summed E-state index contributed by atoms with van der Waals surface area (Å²) in [7, 11) is 0. The Morgan fingerprint density at radius 2 is 1.79 bits per heavy atom. The second-order valence-corrected chi connectivity index (χ2v) is 9.92. The molecular weight excluding hydrogens is 472 g/mol. The van der Waals surface area contributed by atoms with Crippen molar-refractivity contribution in [2.24, 2.45) is 0 Å². The maximum atomic E-state index is 12.3. The average Bonchev–Trinajstić information content (AvgIpc) is 3.19. The van der Waals surface area contributed by atoms with Crippen LogP contribution in [0.2, 0.25) is 5.02 Å². The van der Waals surface area contributed by atoms with E-state index in [4.69, 9.17) is 21.1 Å². The van der Waals surface area contributed by atoms with Crippen molar-refractivity contribution >= 4 is 49.7 Å². The molecule has 2 aliphatic rings. The van der Waals surface area contributed by atoms with Crippen molar-refractivity contribution in [1.29, 1.82) is 0 Å². The van der Waals surface area contributed by atoms with Gasteiger partial charge in [-0.15, -0.1) is 11.3 Å². The zero-order valence-corrected chi connectivity index (χ0v) is 20.6. The van der Waals surface area contributed by atoms with E-state index in [2.05, 4.69) is 32.6 Å².